The normalized spacial score (nSPS) is 10.6. The van der Waals surface area contributed by atoms with Crippen molar-refractivity contribution in [2.24, 2.45) is 0 Å². The molecule has 1 aromatic carbocycles. The van der Waals surface area contributed by atoms with Crippen LogP contribution in [0.25, 0.3) is 0 Å². The molecule has 0 spiro atoms. The van der Waals surface area contributed by atoms with Gasteiger partial charge in [0, 0.05) is 21.6 Å². The summed E-state index contributed by atoms with van der Waals surface area (Å²) < 4.78 is 2.38. The van der Waals surface area contributed by atoms with E-state index in [4.69, 9.17) is 11.6 Å². The molecule has 94 valence electrons. The van der Waals surface area contributed by atoms with Gasteiger partial charge < -0.3 is 0 Å². The minimum Gasteiger partial charge on any atom is -0.287 e. The van der Waals surface area contributed by atoms with Gasteiger partial charge >= 0.3 is 0 Å². The smallest absolute Gasteiger partial charge is 0.212 e. The molecule has 0 fully saturated rings. The second-order valence-corrected chi connectivity index (χ2v) is 5.18. The summed E-state index contributed by atoms with van der Waals surface area (Å²) in [4.78, 5) is 12.3. The predicted molar refractivity (Wildman–Crippen MR) is 72.9 cm³/mol. The van der Waals surface area contributed by atoms with Gasteiger partial charge in [-0.2, -0.15) is 0 Å². The standard InChI is InChI=1S/C12H11BrClN3O/c1-2-3-17-11(7-15-16-17)12(18)8-4-9(13)6-10(14)5-8/h4-7H,2-3H2,1H3. The van der Waals surface area contributed by atoms with Gasteiger partial charge in [-0.15, -0.1) is 5.10 Å². The van der Waals surface area contributed by atoms with Crippen LogP contribution in [0.4, 0.5) is 0 Å². The van der Waals surface area contributed by atoms with Crippen molar-refractivity contribution in [3.8, 4) is 0 Å². The van der Waals surface area contributed by atoms with E-state index in [2.05, 4.69) is 26.2 Å². The number of benzene rings is 1. The highest BCUT2D eigenvalue weighted by Gasteiger charge is 2.16. The lowest BCUT2D eigenvalue weighted by Crippen LogP contribution is -2.11. The second-order valence-electron chi connectivity index (χ2n) is 3.83. The van der Waals surface area contributed by atoms with Crippen LogP contribution >= 0.6 is 27.5 Å². The summed E-state index contributed by atoms with van der Waals surface area (Å²) in [6.45, 7) is 2.69. The van der Waals surface area contributed by atoms with Crippen molar-refractivity contribution in [1.29, 1.82) is 0 Å². The predicted octanol–water partition coefficient (Wildman–Crippen LogP) is 3.34. The fraction of sp³-hybridized carbons (Fsp3) is 0.250. The minimum absolute atomic E-state index is 0.128. The van der Waals surface area contributed by atoms with Gasteiger partial charge in [0.2, 0.25) is 5.78 Å². The number of halogens is 2. The minimum atomic E-state index is -0.128. The van der Waals surface area contributed by atoms with Crippen LogP contribution in [0.15, 0.2) is 28.9 Å². The molecule has 0 unspecified atom stereocenters. The van der Waals surface area contributed by atoms with Gasteiger partial charge in [-0.05, 0) is 24.6 Å². The van der Waals surface area contributed by atoms with E-state index in [1.54, 1.807) is 22.9 Å². The lowest BCUT2D eigenvalue weighted by Gasteiger charge is -2.05. The highest BCUT2D eigenvalue weighted by Crippen LogP contribution is 2.21. The van der Waals surface area contributed by atoms with Gasteiger partial charge in [-0.1, -0.05) is 39.7 Å². The van der Waals surface area contributed by atoms with Crippen molar-refractivity contribution < 1.29 is 4.79 Å². The molecule has 0 amide bonds. The molecule has 1 aromatic heterocycles. The van der Waals surface area contributed by atoms with Crippen LogP contribution < -0.4 is 0 Å². The van der Waals surface area contributed by atoms with Gasteiger partial charge in [0.05, 0.1) is 6.20 Å². The number of carbonyl (C=O) groups is 1. The maximum atomic E-state index is 12.3. The van der Waals surface area contributed by atoms with E-state index in [-0.39, 0.29) is 5.78 Å². The average molecular weight is 329 g/mol. The van der Waals surface area contributed by atoms with Gasteiger partial charge in [0.15, 0.2) is 0 Å². The summed E-state index contributed by atoms with van der Waals surface area (Å²) in [6, 6.07) is 5.11. The Balaban J connectivity index is 2.38. The van der Waals surface area contributed by atoms with Crippen molar-refractivity contribution in [2.75, 3.05) is 0 Å². The summed E-state index contributed by atoms with van der Waals surface area (Å²) in [7, 11) is 0. The Labute approximate surface area is 118 Å². The molecule has 0 saturated heterocycles. The first-order valence-corrected chi connectivity index (χ1v) is 6.68. The number of nitrogens with zero attached hydrogens (tertiary/aromatic N) is 3. The first-order valence-electron chi connectivity index (χ1n) is 5.51. The third-order valence-electron chi connectivity index (χ3n) is 2.41. The number of ketones is 1. The van der Waals surface area contributed by atoms with E-state index in [0.717, 1.165) is 10.9 Å². The number of rotatable bonds is 4. The Kier molecular flexibility index (Phi) is 4.14. The Morgan fingerprint density at radius 3 is 2.89 bits per heavy atom. The van der Waals surface area contributed by atoms with E-state index >= 15 is 0 Å². The lowest BCUT2D eigenvalue weighted by atomic mass is 10.1. The molecular weight excluding hydrogens is 318 g/mol. The Bertz CT molecular complexity index is 562. The van der Waals surface area contributed by atoms with Crippen LogP contribution in [0, 0.1) is 0 Å². The fourth-order valence-electron chi connectivity index (χ4n) is 1.64. The van der Waals surface area contributed by atoms with Gasteiger partial charge in [-0.25, -0.2) is 4.68 Å². The molecule has 0 N–H and O–H groups in total. The molecule has 0 aliphatic rings. The van der Waals surface area contributed by atoms with Gasteiger partial charge in [-0.3, -0.25) is 4.79 Å². The molecule has 4 nitrogen and oxygen atoms in total. The van der Waals surface area contributed by atoms with E-state index in [1.807, 2.05) is 6.92 Å². The van der Waals surface area contributed by atoms with Crippen molar-refractivity contribution in [3.05, 3.63) is 45.1 Å². The molecule has 2 aromatic rings. The SMILES string of the molecule is CCCn1nncc1C(=O)c1cc(Cl)cc(Br)c1. The topological polar surface area (TPSA) is 47.8 Å². The molecule has 6 heteroatoms. The van der Waals surface area contributed by atoms with Gasteiger partial charge in [0.1, 0.15) is 5.69 Å². The number of carbonyl (C=O) groups excluding carboxylic acids is 1. The quantitative estimate of drug-likeness (QED) is 0.809. The van der Waals surface area contributed by atoms with Crippen LogP contribution in [-0.2, 0) is 6.54 Å². The zero-order chi connectivity index (χ0) is 13.1. The Morgan fingerprint density at radius 1 is 1.44 bits per heavy atom. The average Bonchev–Trinajstić information content (AvgIpc) is 2.75. The van der Waals surface area contributed by atoms with E-state index in [0.29, 0.717) is 22.8 Å². The number of hydrogen-bond donors (Lipinski definition) is 0. The molecule has 18 heavy (non-hydrogen) atoms. The van der Waals surface area contributed by atoms with Crippen molar-refractivity contribution >= 4 is 33.3 Å². The first-order chi connectivity index (χ1) is 8.61. The number of aryl methyl sites for hydroxylation is 1. The summed E-state index contributed by atoms with van der Waals surface area (Å²) >= 11 is 9.26. The van der Waals surface area contributed by atoms with Crippen molar-refractivity contribution in [1.82, 2.24) is 15.0 Å². The largest absolute Gasteiger partial charge is 0.287 e. The molecule has 0 aliphatic carbocycles. The molecule has 0 saturated carbocycles. The second kappa shape index (κ2) is 5.63. The number of hydrogen-bond acceptors (Lipinski definition) is 3. The van der Waals surface area contributed by atoms with Crippen LogP contribution in [0.1, 0.15) is 29.4 Å². The van der Waals surface area contributed by atoms with Crippen LogP contribution in [0.3, 0.4) is 0 Å². The molecular formula is C12H11BrClN3O. The molecule has 0 bridgehead atoms. The molecule has 0 aliphatic heterocycles. The Morgan fingerprint density at radius 2 is 2.22 bits per heavy atom. The molecule has 1 heterocycles. The maximum Gasteiger partial charge on any atom is 0.212 e. The van der Waals surface area contributed by atoms with Crippen LogP contribution in [-0.4, -0.2) is 20.8 Å². The first kappa shape index (κ1) is 13.2. The molecule has 0 radical (unpaired) electrons. The highest BCUT2D eigenvalue weighted by molar-refractivity contribution is 9.10. The third kappa shape index (κ3) is 2.79. The third-order valence-corrected chi connectivity index (χ3v) is 3.09. The van der Waals surface area contributed by atoms with E-state index < -0.39 is 0 Å². The molecule has 0 atom stereocenters. The van der Waals surface area contributed by atoms with E-state index in [1.165, 1.54) is 6.20 Å². The Hall–Kier alpha value is -1.20. The zero-order valence-corrected chi connectivity index (χ0v) is 12.1. The maximum absolute atomic E-state index is 12.3. The fourth-order valence-corrected chi connectivity index (χ4v) is 2.50. The summed E-state index contributed by atoms with van der Waals surface area (Å²) in [6.07, 6.45) is 2.37. The summed E-state index contributed by atoms with van der Waals surface area (Å²) in [5.74, 6) is -0.128. The van der Waals surface area contributed by atoms with Crippen molar-refractivity contribution in [2.45, 2.75) is 19.9 Å². The monoisotopic (exact) mass is 327 g/mol. The van der Waals surface area contributed by atoms with Crippen molar-refractivity contribution in [3.63, 3.8) is 0 Å². The summed E-state index contributed by atoms with van der Waals surface area (Å²) in [5.41, 5.74) is 1.00. The van der Waals surface area contributed by atoms with E-state index in [9.17, 15) is 4.79 Å². The summed E-state index contributed by atoms with van der Waals surface area (Å²) in [5, 5.41) is 8.19. The van der Waals surface area contributed by atoms with Gasteiger partial charge in [0.25, 0.3) is 0 Å². The number of aromatic nitrogens is 3. The zero-order valence-electron chi connectivity index (χ0n) is 9.73. The molecule has 2 rings (SSSR count). The highest BCUT2D eigenvalue weighted by atomic mass is 79.9. The lowest BCUT2D eigenvalue weighted by molar-refractivity contribution is 0.102. The van der Waals surface area contributed by atoms with Crippen LogP contribution in [0.5, 0.6) is 0 Å². The van der Waals surface area contributed by atoms with Crippen LogP contribution in [0.2, 0.25) is 5.02 Å².